The molecule has 0 aliphatic heterocycles. The van der Waals surface area contributed by atoms with E-state index in [1.54, 1.807) is 30.3 Å². The molecule has 0 heterocycles. The lowest BCUT2D eigenvalue weighted by Gasteiger charge is -2.04. The van der Waals surface area contributed by atoms with Gasteiger partial charge in [-0.25, -0.2) is 0 Å². The van der Waals surface area contributed by atoms with Gasteiger partial charge in [0.1, 0.15) is 5.75 Å². The minimum absolute atomic E-state index is 0.0991. The molecule has 4 nitrogen and oxygen atoms in total. The van der Waals surface area contributed by atoms with Crippen molar-refractivity contribution in [2.24, 2.45) is 0 Å². The van der Waals surface area contributed by atoms with Crippen molar-refractivity contribution in [3.05, 3.63) is 62.6 Å². The molecule has 0 amide bonds. The lowest BCUT2D eigenvalue weighted by molar-refractivity contribution is -0.385. The van der Waals surface area contributed by atoms with Crippen molar-refractivity contribution in [3.8, 4) is 5.75 Å². The van der Waals surface area contributed by atoms with Gasteiger partial charge >= 0.3 is 0 Å². The van der Waals surface area contributed by atoms with Crippen molar-refractivity contribution >= 4 is 33.4 Å². The summed E-state index contributed by atoms with van der Waals surface area (Å²) in [4.78, 5) is 11.5. The molecule has 0 fully saturated rings. The molecule has 19 heavy (non-hydrogen) atoms. The molecule has 0 spiro atoms. The molecule has 0 bridgehead atoms. The maximum absolute atomic E-state index is 11.0. The van der Waals surface area contributed by atoms with Gasteiger partial charge in [0.2, 0.25) is 0 Å². The number of rotatable bonds is 4. The van der Waals surface area contributed by atoms with Crippen molar-refractivity contribution in [1.29, 1.82) is 0 Å². The number of nitrogens with zero attached hydrogens (tertiary/aromatic N) is 1. The van der Waals surface area contributed by atoms with Crippen LogP contribution in [-0.4, -0.2) is 10.0 Å². The number of benzene rings is 2. The molecule has 0 aliphatic rings. The molecule has 2 rings (SSSR count). The number of aromatic hydroxyl groups is 1. The summed E-state index contributed by atoms with van der Waals surface area (Å²) in [5.41, 5.74) is 0.753. The van der Waals surface area contributed by atoms with Crippen molar-refractivity contribution in [2.45, 2.75) is 10.6 Å². The quantitative estimate of drug-likeness (QED) is 0.510. The average Bonchev–Trinajstić information content (AvgIpc) is 2.37. The fourth-order valence-corrected chi connectivity index (χ4v) is 2.86. The third-order valence-electron chi connectivity index (χ3n) is 2.46. The minimum Gasteiger partial charge on any atom is -0.508 e. The minimum atomic E-state index is -0.386. The predicted molar refractivity (Wildman–Crippen MR) is 78.5 cm³/mol. The first-order valence-electron chi connectivity index (χ1n) is 5.41. The highest BCUT2D eigenvalue weighted by Crippen LogP contribution is 2.31. The first-order valence-corrected chi connectivity index (χ1v) is 7.19. The number of thioether (sulfide) groups is 1. The van der Waals surface area contributed by atoms with Gasteiger partial charge in [-0.3, -0.25) is 10.1 Å². The molecule has 0 unspecified atom stereocenters. The number of nitro groups is 1. The maximum atomic E-state index is 11.0. The lowest BCUT2D eigenvalue weighted by atomic mass is 10.2. The van der Waals surface area contributed by atoms with Crippen molar-refractivity contribution in [2.75, 3.05) is 0 Å². The Labute approximate surface area is 122 Å². The van der Waals surface area contributed by atoms with E-state index < -0.39 is 0 Å². The summed E-state index contributed by atoms with van der Waals surface area (Å²) in [5, 5.41) is 20.3. The summed E-state index contributed by atoms with van der Waals surface area (Å²) in [7, 11) is 0. The second kappa shape index (κ2) is 6.08. The van der Waals surface area contributed by atoms with Crippen molar-refractivity contribution in [3.63, 3.8) is 0 Å². The summed E-state index contributed by atoms with van der Waals surface area (Å²) in [6.07, 6.45) is 0. The van der Waals surface area contributed by atoms with Crippen LogP contribution in [0.1, 0.15) is 5.56 Å². The highest BCUT2D eigenvalue weighted by Gasteiger charge is 2.14. The first-order chi connectivity index (χ1) is 9.06. The molecular formula is C13H10BrNO3S. The number of halogens is 1. The Hall–Kier alpha value is -1.53. The Bertz CT molecular complexity index is 619. The first kappa shape index (κ1) is 13.9. The molecule has 1 N–H and O–H groups in total. The third kappa shape index (κ3) is 3.71. The molecular weight excluding hydrogens is 330 g/mol. The zero-order valence-corrected chi connectivity index (χ0v) is 12.1. The van der Waals surface area contributed by atoms with Gasteiger partial charge in [0.25, 0.3) is 5.69 Å². The number of hydrogen-bond donors (Lipinski definition) is 1. The van der Waals surface area contributed by atoms with Crippen LogP contribution in [0.4, 0.5) is 5.69 Å². The molecule has 2 aromatic carbocycles. The average molecular weight is 340 g/mol. The van der Waals surface area contributed by atoms with Crippen LogP contribution in [0.5, 0.6) is 5.75 Å². The molecule has 0 radical (unpaired) electrons. The zero-order valence-electron chi connectivity index (χ0n) is 9.75. The fourth-order valence-electron chi connectivity index (χ4n) is 1.56. The molecule has 0 saturated carbocycles. The van der Waals surface area contributed by atoms with E-state index in [0.29, 0.717) is 15.8 Å². The van der Waals surface area contributed by atoms with Crippen LogP contribution in [0, 0.1) is 10.1 Å². The largest absolute Gasteiger partial charge is 0.508 e. The van der Waals surface area contributed by atoms with Crippen LogP contribution in [0.15, 0.2) is 51.8 Å². The lowest BCUT2D eigenvalue weighted by Crippen LogP contribution is -1.94. The van der Waals surface area contributed by atoms with E-state index in [-0.39, 0.29) is 16.4 Å². The van der Waals surface area contributed by atoms with Crippen LogP contribution in [0.25, 0.3) is 0 Å². The predicted octanol–water partition coefficient (Wildman–Crippen LogP) is 4.36. The smallest absolute Gasteiger partial charge is 0.274 e. The number of nitro benzene ring substituents is 1. The summed E-state index contributed by atoms with van der Waals surface area (Å²) in [6, 6.07) is 11.8. The molecule has 2 aromatic rings. The maximum Gasteiger partial charge on any atom is 0.274 e. The van der Waals surface area contributed by atoms with E-state index in [1.807, 2.05) is 6.07 Å². The van der Waals surface area contributed by atoms with E-state index in [1.165, 1.54) is 17.8 Å². The Kier molecular flexibility index (Phi) is 4.44. The van der Waals surface area contributed by atoms with Gasteiger partial charge in [-0.1, -0.05) is 28.1 Å². The highest BCUT2D eigenvalue weighted by molar-refractivity contribution is 9.10. The Morgan fingerprint density at radius 2 is 2.05 bits per heavy atom. The standard InChI is InChI=1S/C13H10BrNO3S/c14-10-5-4-9(13(6-10)15(17)18)8-19-12-3-1-2-11(16)7-12/h1-7,16H,8H2. The topological polar surface area (TPSA) is 63.4 Å². The zero-order chi connectivity index (χ0) is 13.8. The molecule has 0 saturated heterocycles. The van der Waals surface area contributed by atoms with Crippen LogP contribution < -0.4 is 0 Å². The van der Waals surface area contributed by atoms with Crippen LogP contribution >= 0.6 is 27.7 Å². The summed E-state index contributed by atoms with van der Waals surface area (Å²) >= 11 is 4.67. The summed E-state index contributed by atoms with van der Waals surface area (Å²) in [5.74, 6) is 0.669. The molecule has 98 valence electrons. The SMILES string of the molecule is O=[N+]([O-])c1cc(Br)ccc1CSc1cccc(O)c1. The highest BCUT2D eigenvalue weighted by atomic mass is 79.9. The molecule has 0 atom stereocenters. The second-order valence-electron chi connectivity index (χ2n) is 3.82. The number of phenolic OH excluding ortho intramolecular Hbond substituents is 1. The third-order valence-corrected chi connectivity index (χ3v) is 3.99. The molecule has 6 heteroatoms. The van der Waals surface area contributed by atoms with Crippen molar-refractivity contribution < 1.29 is 10.0 Å². The number of phenols is 1. The van der Waals surface area contributed by atoms with E-state index in [2.05, 4.69) is 15.9 Å². The van der Waals surface area contributed by atoms with Gasteiger partial charge in [0, 0.05) is 26.8 Å². The van der Waals surface area contributed by atoms with Gasteiger partial charge in [0.15, 0.2) is 0 Å². The second-order valence-corrected chi connectivity index (χ2v) is 5.78. The molecule has 0 aromatic heterocycles. The van der Waals surface area contributed by atoms with E-state index in [0.717, 1.165) is 4.90 Å². The molecule has 0 aliphatic carbocycles. The van der Waals surface area contributed by atoms with Crippen LogP contribution in [-0.2, 0) is 5.75 Å². The van der Waals surface area contributed by atoms with Crippen molar-refractivity contribution in [1.82, 2.24) is 0 Å². The Morgan fingerprint density at radius 3 is 2.74 bits per heavy atom. The van der Waals surface area contributed by atoms with Crippen LogP contribution in [0.2, 0.25) is 0 Å². The Balaban J connectivity index is 2.17. The monoisotopic (exact) mass is 339 g/mol. The summed E-state index contributed by atoms with van der Waals surface area (Å²) < 4.78 is 0.685. The van der Waals surface area contributed by atoms with E-state index >= 15 is 0 Å². The van der Waals surface area contributed by atoms with E-state index in [4.69, 9.17) is 0 Å². The Morgan fingerprint density at radius 1 is 1.26 bits per heavy atom. The summed E-state index contributed by atoms with van der Waals surface area (Å²) in [6.45, 7) is 0. The van der Waals surface area contributed by atoms with Gasteiger partial charge < -0.3 is 5.11 Å². The van der Waals surface area contributed by atoms with Gasteiger partial charge in [-0.15, -0.1) is 11.8 Å². The van der Waals surface area contributed by atoms with Gasteiger partial charge in [-0.2, -0.15) is 0 Å². The fraction of sp³-hybridized carbons (Fsp3) is 0.0769. The normalized spacial score (nSPS) is 10.4. The van der Waals surface area contributed by atoms with Gasteiger partial charge in [-0.05, 0) is 24.3 Å². The number of hydrogen-bond acceptors (Lipinski definition) is 4. The van der Waals surface area contributed by atoms with E-state index in [9.17, 15) is 15.2 Å². The van der Waals surface area contributed by atoms with Gasteiger partial charge in [0.05, 0.1) is 4.92 Å². The van der Waals surface area contributed by atoms with Crippen LogP contribution in [0.3, 0.4) is 0 Å².